The fraction of sp³-hybridized carbons (Fsp3) is 0.917. The molecule has 1 N–H and O–H groups in total. The summed E-state index contributed by atoms with van der Waals surface area (Å²) in [4.78, 5) is 14.1. The van der Waals surface area contributed by atoms with Gasteiger partial charge in [0.05, 0.1) is 0 Å². The number of halogens is 1. The zero-order valence-corrected chi connectivity index (χ0v) is 11.1. The van der Waals surface area contributed by atoms with E-state index >= 15 is 0 Å². The van der Waals surface area contributed by atoms with Crippen molar-refractivity contribution in [2.75, 3.05) is 26.7 Å². The summed E-state index contributed by atoms with van der Waals surface area (Å²) in [6.07, 6.45) is 5.30. The van der Waals surface area contributed by atoms with Crippen LogP contribution < -0.4 is 5.32 Å². The van der Waals surface area contributed by atoms with E-state index < -0.39 is 0 Å². The normalized spacial score (nSPS) is 23.8. The first-order valence-electron chi connectivity index (χ1n) is 6.10. The van der Waals surface area contributed by atoms with Gasteiger partial charge in [-0.15, -0.1) is 12.4 Å². The van der Waals surface area contributed by atoms with Crippen molar-refractivity contribution in [2.24, 2.45) is 11.3 Å². The topological polar surface area (TPSA) is 32.3 Å². The number of likely N-dealkylation sites (tertiary alicyclic amines) is 1. The summed E-state index contributed by atoms with van der Waals surface area (Å²) in [5.74, 6) is 0.471. The van der Waals surface area contributed by atoms with Crippen LogP contribution in [0.5, 0.6) is 0 Å². The lowest BCUT2D eigenvalue weighted by molar-refractivity contribution is -0.134. The second-order valence-electron chi connectivity index (χ2n) is 5.32. The van der Waals surface area contributed by atoms with E-state index in [1.165, 1.54) is 25.7 Å². The summed E-state index contributed by atoms with van der Waals surface area (Å²) < 4.78 is 0. The van der Waals surface area contributed by atoms with Crippen molar-refractivity contribution >= 4 is 18.3 Å². The molecule has 0 aromatic carbocycles. The molecule has 1 amide bonds. The predicted octanol–water partition coefficient (Wildman–Crippen LogP) is 1.67. The second kappa shape index (κ2) is 5.37. The van der Waals surface area contributed by atoms with Gasteiger partial charge in [0.25, 0.3) is 0 Å². The van der Waals surface area contributed by atoms with Crippen LogP contribution in [-0.2, 0) is 4.79 Å². The third kappa shape index (κ3) is 2.51. The third-order valence-corrected chi connectivity index (χ3v) is 4.10. The molecule has 0 aromatic rings. The Bertz CT molecular complexity index is 253. The van der Waals surface area contributed by atoms with E-state index in [9.17, 15) is 4.79 Å². The van der Waals surface area contributed by atoms with Crippen molar-refractivity contribution in [3.8, 4) is 0 Å². The minimum Gasteiger partial charge on any atom is -0.342 e. The van der Waals surface area contributed by atoms with E-state index in [1.54, 1.807) is 0 Å². The molecule has 1 heterocycles. The molecule has 1 aliphatic heterocycles. The van der Waals surface area contributed by atoms with Gasteiger partial charge in [0.1, 0.15) is 0 Å². The van der Waals surface area contributed by atoms with Crippen molar-refractivity contribution in [3.05, 3.63) is 0 Å². The molecule has 4 heteroatoms. The van der Waals surface area contributed by atoms with Gasteiger partial charge in [0.2, 0.25) is 5.91 Å². The van der Waals surface area contributed by atoms with Gasteiger partial charge < -0.3 is 10.2 Å². The van der Waals surface area contributed by atoms with Crippen molar-refractivity contribution in [1.82, 2.24) is 10.2 Å². The molecule has 1 atom stereocenters. The molecule has 2 fully saturated rings. The lowest BCUT2D eigenvalue weighted by Gasteiger charge is -2.38. The first kappa shape index (κ1) is 13.8. The highest BCUT2D eigenvalue weighted by Crippen LogP contribution is 2.48. The lowest BCUT2D eigenvalue weighted by atomic mass is 9.68. The number of hydrogen-bond acceptors (Lipinski definition) is 2. The van der Waals surface area contributed by atoms with E-state index in [0.717, 1.165) is 19.6 Å². The van der Waals surface area contributed by atoms with Crippen LogP contribution in [-0.4, -0.2) is 37.5 Å². The zero-order chi connectivity index (χ0) is 10.9. The van der Waals surface area contributed by atoms with E-state index in [1.807, 2.05) is 14.0 Å². The molecular weight excluding hydrogens is 224 g/mol. The number of rotatable bonds is 3. The Morgan fingerprint density at radius 1 is 1.44 bits per heavy atom. The number of nitrogens with zero attached hydrogens (tertiary/aromatic N) is 1. The van der Waals surface area contributed by atoms with E-state index in [2.05, 4.69) is 10.2 Å². The summed E-state index contributed by atoms with van der Waals surface area (Å²) in [5, 5.41) is 3.07. The molecule has 1 saturated carbocycles. The Hall–Kier alpha value is -0.280. The van der Waals surface area contributed by atoms with Crippen LogP contribution in [0.1, 0.15) is 32.6 Å². The lowest BCUT2D eigenvalue weighted by Crippen LogP contribution is -2.40. The van der Waals surface area contributed by atoms with Crippen molar-refractivity contribution in [1.29, 1.82) is 0 Å². The van der Waals surface area contributed by atoms with Crippen LogP contribution in [0.25, 0.3) is 0 Å². The van der Waals surface area contributed by atoms with E-state index in [0.29, 0.717) is 11.3 Å². The highest BCUT2D eigenvalue weighted by molar-refractivity contribution is 5.85. The fourth-order valence-corrected chi connectivity index (χ4v) is 2.91. The van der Waals surface area contributed by atoms with Gasteiger partial charge in [-0.1, -0.05) is 13.3 Å². The van der Waals surface area contributed by atoms with Crippen LogP contribution in [0.2, 0.25) is 0 Å². The molecule has 1 unspecified atom stereocenters. The Kier molecular flexibility index (Phi) is 4.62. The predicted molar refractivity (Wildman–Crippen MR) is 67.8 cm³/mol. The average molecular weight is 247 g/mol. The van der Waals surface area contributed by atoms with E-state index in [4.69, 9.17) is 0 Å². The number of carbonyl (C=O) groups is 1. The smallest absolute Gasteiger partial charge is 0.226 e. The van der Waals surface area contributed by atoms with Crippen molar-refractivity contribution in [2.45, 2.75) is 32.6 Å². The van der Waals surface area contributed by atoms with Crippen LogP contribution in [0.3, 0.4) is 0 Å². The maximum Gasteiger partial charge on any atom is 0.226 e. The first-order chi connectivity index (χ1) is 7.17. The average Bonchev–Trinajstić information content (AvgIpc) is 2.61. The molecular formula is C12H23ClN2O. The SMILES string of the molecule is CNCC(C)C(=O)N1CCC2(CCC2)C1.Cl. The van der Waals surface area contributed by atoms with Crippen molar-refractivity contribution < 1.29 is 4.79 Å². The summed E-state index contributed by atoms with van der Waals surface area (Å²) in [5.41, 5.74) is 0.537. The van der Waals surface area contributed by atoms with Gasteiger partial charge in [-0.2, -0.15) is 0 Å². The van der Waals surface area contributed by atoms with E-state index in [-0.39, 0.29) is 18.3 Å². The van der Waals surface area contributed by atoms with Crippen molar-refractivity contribution in [3.63, 3.8) is 0 Å². The van der Waals surface area contributed by atoms with Crippen LogP contribution in [0.4, 0.5) is 0 Å². The molecule has 2 rings (SSSR count). The Morgan fingerprint density at radius 3 is 2.56 bits per heavy atom. The minimum absolute atomic E-state index is 0. The van der Waals surface area contributed by atoms with Gasteiger partial charge in [0.15, 0.2) is 0 Å². The van der Waals surface area contributed by atoms with Crippen LogP contribution >= 0.6 is 12.4 Å². The van der Waals surface area contributed by atoms with Gasteiger partial charge in [-0.25, -0.2) is 0 Å². The van der Waals surface area contributed by atoms with Crippen LogP contribution in [0.15, 0.2) is 0 Å². The number of amides is 1. The summed E-state index contributed by atoms with van der Waals surface area (Å²) in [6, 6.07) is 0. The minimum atomic E-state index is 0. The number of carbonyl (C=O) groups excluding carboxylic acids is 1. The zero-order valence-electron chi connectivity index (χ0n) is 10.3. The molecule has 1 spiro atoms. The summed E-state index contributed by atoms with van der Waals surface area (Å²) in [7, 11) is 1.90. The molecule has 0 aromatic heterocycles. The maximum absolute atomic E-state index is 12.0. The molecule has 0 bridgehead atoms. The van der Waals surface area contributed by atoms with Crippen LogP contribution in [0, 0.1) is 11.3 Å². The Morgan fingerprint density at radius 2 is 2.12 bits per heavy atom. The monoisotopic (exact) mass is 246 g/mol. The Balaban J connectivity index is 0.00000128. The van der Waals surface area contributed by atoms with Gasteiger partial charge in [-0.3, -0.25) is 4.79 Å². The quantitative estimate of drug-likeness (QED) is 0.822. The Labute approximate surface area is 104 Å². The molecule has 0 radical (unpaired) electrons. The van der Waals surface area contributed by atoms with Gasteiger partial charge in [-0.05, 0) is 31.7 Å². The highest BCUT2D eigenvalue weighted by atomic mass is 35.5. The molecule has 1 saturated heterocycles. The third-order valence-electron chi connectivity index (χ3n) is 4.10. The second-order valence-corrected chi connectivity index (χ2v) is 5.32. The number of hydrogen-bond donors (Lipinski definition) is 1. The standard InChI is InChI=1S/C12H22N2O.ClH/c1-10(8-13-2)11(15)14-7-6-12(9-14)4-3-5-12;/h10,13H,3-9H2,1-2H3;1H. The fourth-order valence-electron chi connectivity index (χ4n) is 2.91. The summed E-state index contributed by atoms with van der Waals surface area (Å²) >= 11 is 0. The molecule has 94 valence electrons. The highest BCUT2D eigenvalue weighted by Gasteiger charge is 2.44. The summed E-state index contributed by atoms with van der Waals surface area (Å²) in [6.45, 7) is 4.83. The van der Waals surface area contributed by atoms with Gasteiger partial charge >= 0.3 is 0 Å². The molecule has 16 heavy (non-hydrogen) atoms. The number of nitrogens with one attached hydrogen (secondary N) is 1. The first-order valence-corrected chi connectivity index (χ1v) is 6.10. The maximum atomic E-state index is 12.0. The van der Waals surface area contributed by atoms with Gasteiger partial charge in [0, 0.05) is 25.6 Å². The molecule has 3 nitrogen and oxygen atoms in total. The largest absolute Gasteiger partial charge is 0.342 e. The molecule has 1 aliphatic carbocycles. The molecule has 2 aliphatic rings.